The van der Waals surface area contributed by atoms with Gasteiger partial charge in [-0.1, -0.05) is 19.1 Å². The third-order valence-corrected chi connectivity index (χ3v) is 6.51. The summed E-state index contributed by atoms with van der Waals surface area (Å²) in [7, 11) is -2.21. The van der Waals surface area contributed by atoms with Crippen LogP contribution in [-0.2, 0) is 23.1 Å². The maximum atomic E-state index is 13.0. The Morgan fingerprint density at radius 2 is 2.00 bits per heavy atom. The lowest BCUT2D eigenvalue weighted by atomic mass is 10.1. The Kier molecular flexibility index (Phi) is 5.72. The van der Waals surface area contributed by atoms with Crippen LogP contribution < -0.4 is 5.48 Å². The van der Waals surface area contributed by atoms with E-state index in [-0.39, 0.29) is 33.1 Å². The molecule has 0 aliphatic heterocycles. The summed E-state index contributed by atoms with van der Waals surface area (Å²) in [5.41, 5.74) is 0.888. The number of aryl methyl sites for hydroxylation is 1. The first-order chi connectivity index (χ1) is 14.0. The molecule has 3 rings (SSSR count). The molecule has 1 aromatic carbocycles. The summed E-state index contributed by atoms with van der Waals surface area (Å²) in [5, 5.41) is 9.56. The maximum absolute atomic E-state index is 13.0. The minimum atomic E-state index is -4.62. The average molecular weight is 441 g/mol. The number of alkyl halides is 3. The van der Waals surface area contributed by atoms with Crippen LogP contribution in [0.2, 0.25) is 0 Å². The Labute approximate surface area is 170 Å². The highest BCUT2D eigenvalue weighted by Crippen LogP contribution is 2.36. The van der Waals surface area contributed by atoms with Crippen molar-refractivity contribution in [2.75, 3.05) is 5.75 Å². The zero-order valence-electron chi connectivity index (χ0n) is 16.4. The molecular weight excluding hydrogens is 421 g/mol. The zero-order chi connectivity index (χ0) is 22.3. The Bertz CT molecular complexity index is 1250. The molecule has 0 saturated carbocycles. The van der Waals surface area contributed by atoms with Crippen LogP contribution in [0.4, 0.5) is 18.9 Å². The number of hydrogen-bond acceptors (Lipinski definition) is 5. The van der Waals surface area contributed by atoms with Gasteiger partial charge in [0, 0.05) is 18.7 Å². The quantitative estimate of drug-likeness (QED) is 0.468. The number of pyridine rings is 1. The van der Waals surface area contributed by atoms with Gasteiger partial charge < -0.3 is 4.57 Å². The van der Waals surface area contributed by atoms with Crippen LogP contribution >= 0.6 is 0 Å². The average Bonchev–Trinajstić information content (AvgIpc) is 3.03. The maximum Gasteiger partial charge on any atom is 0.433 e. The van der Waals surface area contributed by atoms with Crippen molar-refractivity contribution >= 4 is 32.6 Å². The molecule has 0 spiro atoms. The Morgan fingerprint density at radius 3 is 2.57 bits per heavy atom. The molecule has 0 saturated heterocycles. The van der Waals surface area contributed by atoms with Crippen molar-refractivity contribution in [3.63, 3.8) is 0 Å². The first kappa shape index (κ1) is 21.9. The van der Waals surface area contributed by atoms with Crippen LogP contribution in [0.1, 0.15) is 25.1 Å². The van der Waals surface area contributed by atoms with Gasteiger partial charge >= 0.3 is 6.18 Å². The number of fused-ring (bicyclic) bond motifs is 1. The number of nitrogens with two attached hydrogens (primary N) is 1. The van der Waals surface area contributed by atoms with Gasteiger partial charge in [0.15, 0.2) is 15.5 Å². The van der Waals surface area contributed by atoms with Gasteiger partial charge in [0.1, 0.15) is 11.5 Å². The summed E-state index contributed by atoms with van der Waals surface area (Å²) in [5.74, 6) is -0.0308. The van der Waals surface area contributed by atoms with Gasteiger partial charge in [-0.25, -0.2) is 23.6 Å². The van der Waals surface area contributed by atoms with E-state index < -0.39 is 21.7 Å². The van der Waals surface area contributed by atoms with Crippen molar-refractivity contribution in [3.8, 4) is 11.4 Å². The molecule has 3 aromatic rings. The molecule has 0 atom stereocenters. The van der Waals surface area contributed by atoms with E-state index in [1.54, 1.807) is 26.1 Å². The van der Waals surface area contributed by atoms with Gasteiger partial charge in [0.05, 0.1) is 33.4 Å². The van der Waals surface area contributed by atoms with E-state index in [1.165, 1.54) is 23.6 Å². The summed E-state index contributed by atoms with van der Waals surface area (Å²) in [6, 6.07) is 3.84. The van der Waals surface area contributed by atoms with E-state index in [9.17, 15) is 26.8 Å². The zero-order valence-corrected chi connectivity index (χ0v) is 17.2. The van der Waals surface area contributed by atoms with Crippen LogP contribution in [0.5, 0.6) is 0 Å². The van der Waals surface area contributed by atoms with E-state index >= 15 is 0 Å². The molecule has 2 aromatic heterocycles. The number of hydrogen-bond donors (Lipinski definition) is 2. The first-order valence-corrected chi connectivity index (χ1v) is 10.6. The third kappa shape index (κ3) is 3.71. The molecule has 0 unspecified atom stereocenters. The number of allylic oxidation sites excluding steroid dienone is 1. The van der Waals surface area contributed by atoms with Crippen LogP contribution in [-0.4, -0.2) is 33.9 Å². The number of imidazole rings is 1. The topological polar surface area (TPSA) is 102 Å². The Balaban J connectivity index is 2.39. The predicted octanol–water partition coefficient (Wildman–Crippen LogP) is 3.06. The monoisotopic (exact) mass is 441 g/mol. The lowest BCUT2D eigenvalue weighted by molar-refractivity contribution is -0.825. The molecule has 0 radical (unpaired) electrons. The number of benzene rings is 1. The fraction of sp³-hybridized carbons (Fsp3) is 0.263. The van der Waals surface area contributed by atoms with E-state index in [4.69, 9.17) is 0 Å². The molecular formula is C19H20F3N4O3S+. The van der Waals surface area contributed by atoms with Gasteiger partial charge in [-0.05, 0) is 19.1 Å². The van der Waals surface area contributed by atoms with E-state index in [0.717, 1.165) is 17.7 Å². The number of rotatable bonds is 5. The predicted molar refractivity (Wildman–Crippen MR) is 105 cm³/mol. The lowest BCUT2D eigenvalue weighted by Gasteiger charge is -2.14. The fourth-order valence-electron chi connectivity index (χ4n) is 3.21. The SMILES string of the molecule is C/C=C\c1c([NH2+]O)ccc(-c2nc3cc(C(F)(F)F)ncc3n2C)c1S(=O)(=O)CC. The minimum Gasteiger partial charge on any atom is -0.326 e. The van der Waals surface area contributed by atoms with E-state index in [2.05, 4.69) is 9.97 Å². The summed E-state index contributed by atoms with van der Waals surface area (Å²) in [4.78, 5) is 7.69. The molecule has 0 fully saturated rings. The highest BCUT2D eigenvalue weighted by molar-refractivity contribution is 7.91. The minimum absolute atomic E-state index is 0.0417. The number of sulfone groups is 1. The molecule has 0 amide bonds. The number of nitrogens with zero attached hydrogens (tertiary/aromatic N) is 3. The second-order valence-electron chi connectivity index (χ2n) is 6.53. The molecule has 160 valence electrons. The van der Waals surface area contributed by atoms with E-state index in [1.807, 2.05) is 0 Å². The second-order valence-corrected chi connectivity index (χ2v) is 8.74. The van der Waals surface area contributed by atoms with Gasteiger partial charge in [-0.2, -0.15) is 18.7 Å². The van der Waals surface area contributed by atoms with Crippen LogP contribution in [0.15, 0.2) is 35.4 Å². The highest BCUT2D eigenvalue weighted by atomic mass is 32.2. The molecule has 30 heavy (non-hydrogen) atoms. The van der Waals surface area contributed by atoms with Gasteiger partial charge in [-0.15, -0.1) is 0 Å². The second kappa shape index (κ2) is 7.82. The fourth-order valence-corrected chi connectivity index (χ4v) is 4.51. The van der Waals surface area contributed by atoms with Crippen LogP contribution in [0.3, 0.4) is 0 Å². The smallest absolute Gasteiger partial charge is 0.326 e. The number of quaternary nitrogens is 1. The Hall–Kier alpha value is -2.76. The Morgan fingerprint density at radius 1 is 1.30 bits per heavy atom. The van der Waals surface area contributed by atoms with Crippen molar-refractivity contribution in [1.29, 1.82) is 0 Å². The van der Waals surface area contributed by atoms with Gasteiger partial charge in [0.2, 0.25) is 0 Å². The van der Waals surface area contributed by atoms with E-state index in [0.29, 0.717) is 11.2 Å². The van der Waals surface area contributed by atoms with Gasteiger partial charge in [-0.3, -0.25) is 0 Å². The van der Waals surface area contributed by atoms with Crippen LogP contribution in [0.25, 0.3) is 28.5 Å². The standard InChI is InChI=1S/C19H19F3N4O3S/c1-4-6-11-13(25-27)8-7-12(17(11)30(28,29)5-2)18-24-14-9-16(19(20,21)22)23-10-15(14)26(18)3/h4,6-10,25,27H,5H2,1-3H3/p+1/b6-4-. The molecule has 11 heteroatoms. The molecule has 0 bridgehead atoms. The van der Waals surface area contributed by atoms with Crippen molar-refractivity contribution in [2.24, 2.45) is 7.05 Å². The molecule has 3 N–H and O–H groups in total. The summed E-state index contributed by atoms with van der Waals surface area (Å²) < 4.78 is 66.4. The largest absolute Gasteiger partial charge is 0.433 e. The van der Waals surface area contributed by atoms with Gasteiger partial charge in [0.25, 0.3) is 0 Å². The molecule has 0 aliphatic carbocycles. The normalized spacial score (nSPS) is 12.9. The lowest BCUT2D eigenvalue weighted by Crippen LogP contribution is -2.74. The molecule has 0 aliphatic rings. The summed E-state index contributed by atoms with van der Waals surface area (Å²) >= 11 is 0. The highest BCUT2D eigenvalue weighted by Gasteiger charge is 2.33. The van der Waals surface area contributed by atoms with Crippen LogP contribution in [0, 0.1) is 0 Å². The number of aromatic nitrogens is 3. The first-order valence-electron chi connectivity index (χ1n) is 8.95. The third-order valence-electron chi connectivity index (χ3n) is 4.69. The molecule has 2 heterocycles. The van der Waals surface area contributed by atoms with Crippen molar-refractivity contribution in [1.82, 2.24) is 14.5 Å². The number of halogens is 3. The van der Waals surface area contributed by atoms with Crippen molar-refractivity contribution < 1.29 is 32.3 Å². The summed E-state index contributed by atoms with van der Waals surface area (Å²) in [6.07, 6.45) is -0.374. The van der Waals surface area contributed by atoms with Crippen molar-refractivity contribution in [3.05, 3.63) is 41.7 Å². The molecule has 7 nitrogen and oxygen atoms in total. The van der Waals surface area contributed by atoms with Crippen molar-refractivity contribution in [2.45, 2.75) is 24.9 Å². The summed E-state index contributed by atoms with van der Waals surface area (Å²) in [6.45, 7) is 3.19.